The molecule has 3 atom stereocenters. The van der Waals surface area contributed by atoms with Crippen molar-refractivity contribution in [2.24, 2.45) is 5.92 Å². The topological polar surface area (TPSA) is 70.1 Å². The van der Waals surface area contributed by atoms with Crippen LogP contribution in [-0.4, -0.2) is 23.0 Å². The zero-order chi connectivity index (χ0) is 20.8. The zero-order valence-corrected chi connectivity index (χ0v) is 16.4. The molecule has 2 aliphatic rings. The van der Waals surface area contributed by atoms with E-state index in [1.54, 1.807) is 53.6 Å². The molecule has 30 heavy (non-hydrogen) atoms. The number of para-hydroxylation sites is 2. The van der Waals surface area contributed by atoms with Crippen LogP contribution in [0.5, 0.6) is 5.75 Å². The molecule has 0 radical (unpaired) electrons. The Morgan fingerprint density at radius 1 is 0.833 bits per heavy atom. The fourth-order valence-electron chi connectivity index (χ4n) is 4.14. The second kappa shape index (κ2) is 7.16. The Labute approximate surface area is 177 Å². The van der Waals surface area contributed by atoms with Crippen LogP contribution in [0.4, 0.5) is 11.4 Å². The molecule has 7 heteroatoms. The van der Waals surface area contributed by atoms with Crippen LogP contribution in [0.3, 0.4) is 0 Å². The summed E-state index contributed by atoms with van der Waals surface area (Å²) in [5, 5.41) is 12.5. The Hall–Kier alpha value is -3.35. The third kappa shape index (κ3) is 2.84. The molecular weight excluding hydrogens is 404 g/mol. The number of nitrogens with zero attached hydrogens (tertiary/aromatic N) is 2. The van der Waals surface area contributed by atoms with Gasteiger partial charge in [0.25, 0.3) is 5.91 Å². The Balaban J connectivity index is 1.61. The summed E-state index contributed by atoms with van der Waals surface area (Å²) in [5.41, 5.74) is 1.61. The van der Waals surface area contributed by atoms with Crippen molar-refractivity contribution >= 4 is 34.8 Å². The van der Waals surface area contributed by atoms with Crippen LogP contribution < -0.4 is 9.96 Å². The molecule has 2 aliphatic heterocycles. The predicted octanol–water partition coefficient (Wildman–Crippen LogP) is 4.10. The maximum Gasteiger partial charge on any atom is 0.266 e. The Morgan fingerprint density at radius 2 is 1.53 bits per heavy atom. The van der Waals surface area contributed by atoms with Gasteiger partial charge in [-0.1, -0.05) is 54.1 Å². The molecule has 3 aromatic carbocycles. The lowest BCUT2D eigenvalue weighted by atomic mass is 9.90. The molecule has 2 heterocycles. The van der Waals surface area contributed by atoms with Gasteiger partial charge in [0.1, 0.15) is 11.7 Å². The van der Waals surface area contributed by atoms with E-state index in [1.807, 2.05) is 30.3 Å². The molecule has 0 spiro atoms. The van der Waals surface area contributed by atoms with Crippen molar-refractivity contribution in [1.82, 2.24) is 0 Å². The molecule has 5 rings (SSSR count). The minimum absolute atomic E-state index is 0.0362. The van der Waals surface area contributed by atoms with Gasteiger partial charge in [-0.15, -0.1) is 0 Å². The number of carbonyl (C=O) groups excluding carboxylic acids is 2. The summed E-state index contributed by atoms with van der Waals surface area (Å²) in [6.07, 6.45) is -0.999. The first-order valence-electron chi connectivity index (χ1n) is 9.48. The quantitative estimate of drug-likeness (QED) is 0.646. The SMILES string of the molecule is O=C1[C@H]2[C@H](ON(c3ccccc3)[C@H]2c2ccccc2O)C(=O)N1c1cccc(Cl)c1. The lowest BCUT2D eigenvalue weighted by Crippen LogP contribution is -2.37. The highest BCUT2D eigenvalue weighted by Crippen LogP contribution is 2.49. The molecule has 0 aromatic heterocycles. The van der Waals surface area contributed by atoms with Crippen molar-refractivity contribution < 1.29 is 19.5 Å². The maximum atomic E-state index is 13.5. The number of rotatable bonds is 3. The number of fused-ring (bicyclic) bond motifs is 1. The van der Waals surface area contributed by atoms with Gasteiger partial charge in [-0.2, -0.15) is 0 Å². The Bertz CT molecular complexity index is 1140. The van der Waals surface area contributed by atoms with E-state index in [9.17, 15) is 14.7 Å². The first-order chi connectivity index (χ1) is 14.6. The molecule has 2 amide bonds. The lowest BCUT2D eigenvalue weighted by Gasteiger charge is -2.29. The van der Waals surface area contributed by atoms with Crippen molar-refractivity contribution in [3.8, 4) is 5.75 Å². The third-order valence-corrected chi connectivity index (χ3v) is 5.68. The van der Waals surface area contributed by atoms with Gasteiger partial charge in [-0.25, -0.2) is 9.96 Å². The van der Waals surface area contributed by atoms with Crippen molar-refractivity contribution in [2.45, 2.75) is 12.1 Å². The molecule has 0 aliphatic carbocycles. The minimum atomic E-state index is -0.999. The number of hydrogen-bond acceptors (Lipinski definition) is 5. The molecule has 0 bridgehead atoms. The first-order valence-corrected chi connectivity index (χ1v) is 9.86. The monoisotopic (exact) mass is 420 g/mol. The average Bonchev–Trinajstić information content (AvgIpc) is 3.25. The highest BCUT2D eigenvalue weighted by Gasteiger charge is 2.60. The molecule has 0 unspecified atom stereocenters. The predicted molar refractivity (Wildman–Crippen MR) is 112 cm³/mol. The summed E-state index contributed by atoms with van der Waals surface area (Å²) >= 11 is 6.07. The van der Waals surface area contributed by atoms with E-state index < -0.39 is 24.0 Å². The van der Waals surface area contributed by atoms with E-state index in [-0.39, 0.29) is 11.7 Å². The molecule has 2 saturated heterocycles. The second-order valence-corrected chi connectivity index (χ2v) is 7.64. The summed E-state index contributed by atoms with van der Waals surface area (Å²) in [5.74, 6) is -1.62. The fourth-order valence-corrected chi connectivity index (χ4v) is 4.32. The number of benzene rings is 3. The number of aromatic hydroxyl groups is 1. The summed E-state index contributed by atoms with van der Waals surface area (Å²) in [4.78, 5) is 33.8. The number of carbonyl (C=O) groups is 2. The van der Waals surface area contributed by atoms with E-state index in [0.29, 0.717) is 22.0 Å². The van der Waals surface area contributed by atoms with Crippen LogP contribution in [0.1, 0.15) is 11.6 Å². The van der Waals surface area contributed by atoms with Gasteiger partial charge >= 0.3 is 0 Å². The van der Waals surface area contributed by atoms with Gasteiger partial charge in [-0.3, -0.25) is 14.4 Å². The first kappa shape index (κ1) is 18.7. The summed E-state index contributed by atoms with van der Waals surface area (Å²) in [6, 6.07) is 21.9. The molecule has 1 N–H and O–H groups in total. The number of hydroxylamine groups is 1. The Kier molecular flexibility index (Phi) is 4.46. The third-order valence-electron chi connectivity index (χ3n) is 5.45. The highest BCUT2D eigenvalue weighted by atomic mass is 35.5. The molecule has 150 valence electrons. The Morgan fingerprint density at radius 3 is 2.27 bits per heavy atom. The smallest absolute Gasteiger partial charge is 0.266 e. The van der Waals surface area contributed by atoms with E-state index >= 15 is 0 Å². The summed E-state index contributed by atoms with van der Waals surface area (Å²) in [6.45, 7) is 0. The zero-order valence-electron chi connectivity index (χ0n) is 15.7. The number of imide groups is 1. The van der Waals surface area contributed by atoms with Gasteiger partial charge in [0.15, 0.2) is 6.10 Å². The van der Waals surface area contributed by atoms with E-state index in [1.165, 1.54) is 0 Å². The highest BCUT2D eigenvalue weighted by molar-refractivity contribution is 6.31. The van der Waals surface area contributed by atoms with Gasteiger partial charge < -0.3 is 5.11 Å². The number of anilines is 2. The van der Waals surface area contributed by atoms with Crippen LogP contribution >= 0.6 is 11.6 Å². The van der Waals surface area contributed by atoms with E-state index in [0.717, 1.165) is 4.90 Å². The van der Waals surface area contributed by atoms with Gasteiger partial charge in [0.05, 0.1) is 17.4 Å². The number of hydrogen-bond donors (Lipinski definition) is 1. The number of phenols is 1. The fraction of sp³-hybridized carbons (Fsp3) is 0.130. The van der Waals surface area contributed by atoms with Crippen LogP contribution in [-0.2, 0) is 14.4 Å². The molecule has 0 saturated carbocycles. The average molecular weight is 421 g/mol. The van der Waals surface area contributed by atoms with Gasteiger partial charge in [-0.05, 0) is 36.4 Å². The summed E-state index contributed by atoms with van der Waals surface area (Å²) in [7, 11) is 0. The molecule has 3 aromatic rings. The van der Waals surface area contributed by atoms with Crippen LogP contribution in [0.2, 0.25) is 5.02 Å². The standard InChI is InChI=1S/C23H17ClN2O4/c24-14-7-6-10-16(13-14)25-22(28)19-20(17-11-4-5-12-18(17)27)26(30-21(19)23(25)29)15-8-2-1-3-9-15/h1-13,19-21,27H/t19-,20+,21+/m1/s1. The van der Waals surface area contributed by atoms with Crippen molar-refractivity contribution in [1.29, 1.82) is 0 Å². The number of phenolic OH excluding ortho intramolecular Hbond substituents is 1. The van der Waals surface area contributed by atoms with Gasteiger partial charge in [0, 0.05) is 10.6 Å². The normalized spacial score (nSPS) is 23.2. The van der Waals surface area contributed by atoms with E-state index in [2.05, 4.69) is 0 Å². The molecular formula is C23H17ClN2O4. The minimum Gasteiger partial charge on any atom is -0.508 e. The van der Waals surface area contributed by atoms with Gasteiger partial charge in [0.2, 0.25) is 5.91 Å². The lowest BCUT2D eigenvalue weighted by molar-refractivity contribution is -0.126. The van der Waals surface area contributed by atoms with Crippen LogP contribution in [0.25, 0.3) is 0 Å². The second-order valence-electron chi connectivity index (χ2n) is 7.21. The maximum absolute atomic E-state index is 13.5. The largest absolute Gasteiger partial charge is 0.508 e. The van der Waals surface area contributed by atoms with E-state index in [4.69, 9.17) is 16.4 Å². The summed E-state index contributed by atoms with van der Waals surface area (Å²) < 4.78 is 0. The number of halogens is 1. The van der Waals surface area contributed by atoms with Crippen molar-refractivity contribution in [3.63, 3.8) is 0 Å². The number of amides is 2. The molecule has 6 nitrogen and oxygen atoms in total. The molecule has 2 fully saturated rings. The van der Waals surface area contributed by atoms with Crippen molar-refractivity contribution in [3.05, 3.63) is 89.4 Å². The van der Waals surface area contributed by atoms with Crippen LogP contribution in [0, 0.1) is 5.92 Å². The van der Waals surface area contributed by atoms with Crippen molar-refractivity contribution in [2.75, 3.05) is 9.96 Å². The van der Waals surface area contributed by atoms with Crippen LogP contribution in [0.15, 0.2) is 78.9 Å².